The third kappa shape index (κ3) is 5.32. The molecule has 0 aliphatic heterocycles. The Kier molecular flexibility index (Phi) is 8.00. The Labute approximate surface area is 171 Å². The van der Waals surface area contributed by atoms with Gasteiger partial charge in [-0.05, 0) is 49.1 Å². The number of allylic oxidation sites excluding steroid dienone is 2. The number of halogens is 1. The molecule has 28 heavy (non-hydrogen) atoms. The van der Waals surface area contributed by atoms with Gasteiger partial charge in [-0.2, -0.15) is 0 Å². The molecule has 0 amide bonds. The Morgan fingerprint density at radius 1 is 1.32 bits per heavy atom. The first-order valence-corrected chi connectivity index (χ1v) is 9.68. The minimum Gasteiger partial charge on any atom is -0.495 e. The fourth-order valence-corrected chi connectivity index (χ4v) is 3.49. The van der Waals surface area contributed by atoms with E-state index in [2.05, 4.69) is 0 Å². The highest BCUT2D eigenvalue weighted by molar-refractivity contribution is 6.31. The third-order valence-electron chi connectivity index (χ3n) is 5.17. The number of carbonyl (C=O) groups excluding carboxylic acids is 3. The zero-order valence-electron chi connectivity index (χ0n) is 16.5. The predicted molar refractivity (Wildman–Crippen MR) is 110 cm³/mol. The summed E-state index contributed by atoms with van der Waals surface area (Å²) in [5.74, 6) is 0.794. The first kappa shape index (κ1) is 21.9. The number of ether oxygens (including phenoxy) is 1. The summed E-state index contributed by atoms with van der Waals surface area (Å²) in [6, 6.07) is 4.61. The molecule has 0 spiro atoms. The number of aldehydes is 2. The van der Waals surface area contributed by atoms with Crippen molar-refractivity contribution >= 4 is 35.5 Å². The van der Waals surface area contributed by atoms with Crippen molar-refractivity contribution in [3.05, 3.63) is 52.4 Å². The van der Waals surface area contributed by atoms with Gasteiger partial charge in [0.25, 0.3) is 0 Å². The molecule has 0 radical (unpaired) electrons. The molecule has 2 rings (SSSR count). The van der Waals surface area contributed by atoms with Gasteiger partial charge in [0.15, 0.2) is 5.78 Å². The highest BCUT2D eigenvalue weighted by Crippen LogP contribution is 2.32. The third-order valence-corrected chi connectivity index (χ3v) is 5.41. The lowest BCUT2D eigenvalue weighted by Crippen LogP contribution is -2.33. The highest BCUT2D eigenvalue weighted by atomic mass is 35.5. The molecule has 150 valence electrons. The lowest BCUT2D eigenvalue weighted by atomic mass is 9.81. The zero-order valence-corrected chi connectivity index (χ0v) is 17.2. The summed E-state index contributed by atoms with van der Waals surface area (Å²) in [4.78, 5) is 36.7. The van der Waals surface area contributed by atoms with E-state index in [4.69, 9.17) is 16.3 Å². The number of rotatable bonds is 10. The molecule has 0 bridgehead atoms. The van der Waals surface area contributed by atoms with Crippen molar-refractivity contribution in [2.24, 2.45) is 5.92 Å². The van der Waals surface area contributed by atoms with Gasteiger partial charge in [0.05, 0.1) is 13.2 Å². The van der Waals surface area contributed by atoms with E-state index in [1.807, 2.05) is 0 Å². The number of hydrogen-bond acceptors (Lipinski definition) is 5. The SMILES string of the molecule is COC(=C/N(C)[C@H](C=O)CC1CCC1)/C(=C\C=O)c1cc(Cl)ccc1C(C)=O. The van der Waals surface area contributed by atoms with Crippen LogP contribution in [0.25, 0.3) is 5.57 Å². The maximum atomic E-state index is 12.1. The fraction of sp³-hybridized carbons (Fsp3) is 0.409. The molecule has 5 nitrogen and oxygen atoms in total. The number of Topliss-reactive ketones (excluding diaryl/α,β-unsaturated/α-hetero) is 1. The monoisotopic (exact) mass is 403 g/mol. The van der Waals surface area contributed by atoms with E-state index in [1.165, 1.54) is 26.5 Å². The maximum absolute atomic E-state index is 12.1. The van der Waals surface area contributed by atoms with Crippen molar-refractivity contribution in [1.82, 2.24) is 4.90 Å². The number of hydrogen-bond donors (Lipinski definition) is 0. The van der Waals surface area contributed by atoms with Crippen LogP contribution in [0.1, 0.15) is 48.5 Å². The van der Waals surface area contributed by atoms with E-state index in [9.17, 15) is 14.4 Å². The molecule has 0 aromatic heterocycles. The van der Waals surface area contributed by atoms with Gasteiger partial charge in [0, 0.05) is 29.4 Å². The smallest absolute Gasteiger partial charge is 0.160 e. The summed E-state index contributed by atoms with van der Waals surface area (Å²) < 4.78 is 5.53. The average Bonchev–Trinajstić information content (AvgIpc) is 2.63. The van der Waals surface area contributed by atoms with Crippen LogP contribution in [0.2, 0.25) is 5.02 Å². The van der Waals surface area contributed by atoms with Gasteiger partial charge in [0.1, 0.15) is 18.3 Å². The second-order valence-corrected chi connectivity index (χ2v) is 7.50. The first-order valence-electron chi connectivity index (χ1n) is 9.31. The Hall–Kier alpha value is -2.40. The van der Waals surface area contributed by atoms with Gasteiger partial charge in [-0.1, -0.05) is 30.9 Å². The van der Waals surface area contributed by atoms with Gasteiger partial charge >= 0.3 is 0 Å². The van der Waals surface area contributed by atoms with Crippen LogP contribution >= 0.6 is 11.6 Å². The van der Waals surface area contributed by atoms with Crippen molar-refractivity contribution in [2.75, 3.05) is 14.2 Å². The lowest BCUT2D eigenvalue weighted by Gasteiger charge is -2.31. The van der Waals surface area contributed by atoms with Crippen LogP contribution in [0.3, 0.4) is 0 Å². The molecule has 1 fully saturated rings. The number of benzene rings is 1. The van der Waals surface area contributed by atoms with E-state index in [-0.39, 0.29) is 11.8 Å². The van der Waals surface area contributed by atoms with E-state index in [1.54, 1.807) is 36.3 Å². The van der Waals surface area contributed by atoms with E-state index in [0.29, 0.717) is 39.7 Å². The van der Waals surface area contributed by atoms with Gasteiger partial charge in [0.2, 0.25) is 0 Å². The van der Waals surface area contributed by atoms with Crippen LogP contribution in [0.4, 0.5) is 0 Å². The molecular weight excluding hydrogens is 378 g/mol. The molecule has 0 saturated heterocycles. The standard InChI is InChI=1S/C22H26ClNO4/c1-15(27)19-8-7-17(23)12-21(19)20(9-10-25)22(28-3)13-24(2)18(14-26)11-16-5-4-6-16/h7-10,12-14,16,18H,4-6,11H2,1-3H3/b20-9-,22-13+/t18-/m0/s1. The average molecular weight is 404 g/mol. The molecule has 0 heterocycles. The van der Waals surface area contributed by atoms with Crippen molar-refractivity contribution in [3.63, 3.8) is 0 Å². The van der Waals surface area contributed by atoms with Gasteiger partial charge in [-0.3, -0.25) is 9.59 Å². The number of carbonyl (C=O) groups is 3. The number of nitrogens with zero attached hydrogens (tertiary/aromatic N) is 1. The molecule has 0 N–H and O–H groups in total. The normalized spacial score (nSPS) is 16.1. The van der Waals surface area contributed by atoms with Crippen molar-refractivity contribution in [1.29, 1.82) is 0 Å². The van der Waals surface area contributed by atoms with Crippen molar-refractivity contribution in [3.8, 4) is 0 Å². The predicted octanol–water partition coefficient (Wildman–Crippen LogP) is 4.30. The van der Waals surface area contributed by atoms with Crippen LogP contribution in [0.5, 0.6) is 0 Å². The summed E-state index contributed by atoms with van der Waals surface area (Å²) in [5.41, 5.74) is 1.38. The summed E-state index contributed by atoms with van der Waals surface area (Å²) in [6.07, 6.45) is 8.91. The van der Waals surface area contributed by atoms with E-state index in [0.717, 1.165) is 25.5 Å². The quantitative estimate of drug-likeness (QED) is 0.191. The first-order chi connectivity index (χ1) is 13.4. The van der Waals surface area contributed by atoms with Gasteiger partial charge in [-0.25, -0.2) is 0 Å². The topological polar surface area (TPSA) is 63.7 Å². The summed E-state index contributed by atoms with van der Waals surface area (Å²) in [5, 5.41) is 0.441. The highest BCUT2D eigenvalue weighted by Gasteiger charge is 2.24. The number of likely N-dealkylation sites (N-methyl/N-ethyl adjacent to an activating group) is 1. The second-order valence-electron chi connectivity index (χ2n) is 7.06. The second kappa shape index (κ2) is 10.2. The Bertz CT molecular complexity index is 796. The summed E-state index contributed by atoms with van der Waals surface area (Å²) >= 11 is 6.13. The van der Waals surface area contributed by atoms with Crippen LogP contribution < -0.4 is 0 Å². The zero-order chi connectivity index (χ0) is 20.7. The van der Waals surface area contributed by atoms with E-state index >= 15 is 0 Å². The van der Waals surface area contributed by atoms with Crippen LogP contribution in [0.15, 0.2) is 36.2 Å². The molecule has 1 aliphatic carbocycles. The Morgan fingerprint density at radius 2 is 2.04 bits per heavy atom. The minimum atomic E-state index is -0.278. The number of methoxy groups -OCH3 is 1. The van der Waals surface area contributed by atoms with Gasteiger partial charge in [-0.15, -0.1) is 0 Å². The van der Waals surface area contributed by atoms with Crippen molar-refractivity contribution < 1.29 is 19.1 Å². The van der Waals surface area contributed by atoms with Crippen LogP contribution in [0, 0.1) is 5.92 Å². The lowest BCUT2D eigenvalue weighted by molar-refractivity contribution is -0.112. The van der Waals surface area contributed by atoms with Crippen LogP contribution in [-0.2, 0) is 14.3 Å². The molecule has 1 aromatic carbocycles. The largest absolute Gasteiger partial charge is 0.495 e. The molecule has 6 heteroatoms. The maximum Gasteiger partial charge on any atom is 0.160 e. The molecule has 1 aliphatic rings. The molecule has 0 unspecified atom stereocenters. The molecule has 1 aromatic rings. The summed E-state index contributed by atoms with van der Waals surface area (Å²) in [6.45, 7) is 1.45. The summed E-state index contributed by atoms with van der Waals surface area (Å²) in [7, 11) is 3.29. The minimum absolute atomic E-state index is 0.150. The van der Waals surface area contributed by atoms with Gasteiger partial charge < -0.3 is 14.4 Å². The Morgan fingerprint density at radius 3 is 2.54 bits per heavy atom. The fourth-order valence-electron chi connectivity index (χ4n) is 3.32. The molecular formula is C22H26ClNO4. The number of ketones is 1. The van der Waals surface area contributed by atoms with Crippen LogP contribution in [-0.4, -0.2) is 43.5 Å². The molecule has 1 atom stereocenters. The molecule has 1 saturated carbocycles. The Balaban J connectivity index is 2.42. The van der Waals surface area contributed by atoms with Crippen molar-refractivity contribution in [2.45, 2.75) is 38.6 Å². The van der Waals surface area contributed by atoms with E-state index < -0.39 is 0 Å².